The molecule has 6 nitrogen and oxygen atoms in total. The molecule has 0 aromatic heterocycles. The number of anilines is 1. The van der Waals surface area contributed by atoms with Gasteiger partial charge < -0.3 is 15.4 Å². The zero-order chi connectivity index (χ0) is 28.5. The van der Waals surface area contributed by atoms with Crippen molar-refractivity contribution in [1.29, 1.82) is 0 Å². The number of halogens is 2. The molecule has 0 radical (unpaired) electrons. The van der Waals surface area contributed by atoms with Gasteiger partial charge in [-0.1, -0.05) is 53.5 Å². The first-order valence-corrected chi connectivity index (χ1v) is 13.8. The fraction of sp³-hybridized carbons (Fsp3) is 0.0645. The lowest BCUT2D eigenvalue weighted by Gasteiger charge is -2.12. The van der Waals surface area contributed by atoms with Crippen molar-refractivity contribution >= 4 is 64.3 Å². The molecule has 202 valence electrons. The molecule has 40 heavy (non-hydrogen) atoms. The predicted octanol–water partition coefficient (Wildman–Crippen LogP) is 7.39. The van der Waals surface area contributed by atoms with Crippen molar-refractivity contribution in [2.75, 3.05) is 18.2 Å². The van der Waals surface area contributed by atoms with Gasteiger partial charge in [0.05, 0.1) is 22.9 Å². The molecule has 0 fully saturated rings. The summed E-state index contributed by atoms with van der Waals surface area (Å²) in [6, 6.07) is 27.6. The van der Waals surface area contributed by atoms with Crippen LogP contribution in [0.3, 0.4) is 0 Å². The smallest absolute Gasteiger partial charge is 0.272 e. The summed E-state index contributed by atoms with van der Waals surface area (Å²) >= 11 is 13.9. The maximum atomic E-state index is 13.3. The van der Waals surface area contributed by atoms with Gasteiger partial charge in [0, 0.05) is 21.7 Å². The minimum absolute atomic E-state index is 0.00588. The van der Waals surface area contributed by atoms with Crippen LogP contribution in [0.5, 0.6) is 5.75 Å². The van der Waals surface area contributed by atoms with Gasteiger partial charge >= 0.3 is 0 Å². The van der Waals surface area contributed by atoms with E-state index in [4.69, 9.17) is 27.9 Å². The summed E-state index contributed by atoms with van der Waals surface area (Å²) in [6.07, 6.45) is 1.47. The Labute approximate surface area is 246 Å². The summed E-state index contributed by atoms with van der Waals surface area (Å²) in [5.41, 5.74) is 1.97. The van der Waals surface area contributed by atoms with Crippen LogP contribution >= 0.6 is 35.0 Å². The quantitative estimate of drug-likeness (QED) is 0.114. The van der Waals surface area contributed by atoms with Crippen LogP contribution in [0.15, 0.2) is 108 Å². The van der Waals surface area contributed by atoms with Gasteiger partial charge in [-0.25, -0.2) is 0 Å². The number of carbonyl (C=O) groups is 3. The summed E-state index contributed by atoms with van der Waals surface area (Å²) in [7, 11) is 1.57. The molecule has 2 N–H and O–H groups in total. The number of hydrogen-bond donors (Lipinski definition) is 2. The summed E-state index contributed by atoms with van der Waals surface area (Å²) in [4.78, 5) is 39.5. The molecule has 0 heterocycles. The normalized spacial score (nSPS) is 11.0. The number of hydrogen-bond acceptors (Lipinski definition) is 5. The van der Waals surface area contributed by atoms with Gasteiger partial charge in [0.2, 0.25) is 0 Å². The molecule has 0 unspecified atom stereocenters. The van der Waals surface area contributed by atoms with Crippen molar-refractivity contribution in [3.63, 3.8) is 0 Å². The SMILES string of the molecule is COc1ccc(C(=O)CSc2ccc(NC(=O)/C(=C/c3cccc(Cl)c3Cl)NC(=O)c3ccccc3)cc2)cc1. The van der Waals surface area contributed by atoms with Gasteiger partial charge in [0.25, 0.3) is 11.8 Å². The number of ketones is 1. The van der Waals surface area contributed by atoms with E-state index in [9.17, 15) is 14.4 Å². The third-order valence-electron chi connectivity index (χ3n) is 5.70. The average Bonchev–Trinajstić information content (AvgIpc) is 2.99. The van der Waals surface area contributed by atoms with Crippen molar-refractivity contribution in [1.82, 2.24) is 5.32 Å². The van der Waals surface area contributed by atoms with Crippen LogP contribution in [0.4, 0.5) is 5.69 Å². The van der Waals surface area contributed by atoms with E-state index in [0.717, 1.165) is 4.90 Å². The van der Waals surface area contributed by atoms with Crippen LogP contribution in [-0.2, 0) is 4.79 Å². The van der Waals surface area contributed by atoms with E-state index >= 15 is 0 Å². The number of methoxy groups -OCH3 is 1. The van der Waals surface area contributed by atoms with Gasteiger partial charge in [0.1, 0.15) is 11.4 Å². The maximum Gasteiger partial charge on any atom is 0.272 e. The molecule has 2 amide bonds. The number of amides is 2. The predicted molar refractivity (Wildman–Crippen MR) is 161 cm³/mol. The number of rotatable bonds is 10. The molecule has 0 aliphatic heterocycles. The molecule has 4 rings (SSSR count). The van der Waals surface area contributed by atoms with Crippen LogP contribution in [0.2, 0.25) is 10.0 Å². The molecule has 0 atom stereocenters. The van der Waals surface area contributed by atoms with E-state index in [1.165, 1.54) is 17.8 Å². The molecule has 4 aromatic carbocycles. The highest BCUT2D eigenvalue weighted by molar-refractivity contribution is 8.00. The van der Waals surface area contributed by atoms with Gasteiger partial charge in [-0.2, -0.15) is 0 Å². The van der Waals surface area contributed by atoms with E-state index in [-0.39, 0.29) is 22.3 Å². The third-order valence-corrected chi connectivity index (χ3v) is 7.55. The largest absolute Gasteiger partial charge is 0.497 e. The summed E-state index contributed by atoms with van der Waals surface area (Å²) in [5.74, 6) is -0.0516. The Morgan fingerprint density at radius 3 is 2.20 bits per heavy atom. The standard InChI is InChI=1S/C31H24Cl2N2O4S/c1-39-24-14-10-20(11-15-24)28(36)19-40-25-16-12-23(13-17-25)34-31(38)27(18-22-8-5-9-26(32)29(22)33)35-30(37)21-6-3-2-4-7-21/h2-18H,19H2,1H3,(H,34,38)(H,35,37)/b27-18-. The van der Waals surface area contributed by atoms with Crippen molar-refractivity contribution in [3.8, 4) is 5.75 Å². The number of nitrogens with one attached hydrogen (secondary N) is 2. The highest BCUT2D eigenvalue weighted by atomic mass is 35.5. The third kappa shape index (κ3) is 7.76. The van der Waals surface area contributed by atoms with Crippen molar-refractivity contribution in [3.05, 3.63) is 129 Å². The Balaban J connectivity index is 1.45. The van der Waals surface area contributed by atoms with Crippen LogP contribution in [0, 0.1) is 0 Å². The Morgan fingerprint density at radius 2 is 1.52 bits per heavy atom. The first kappa shape index (κ1) is 29.0. The number of carbonyl (C=O) groups excluding carboxylic acids is 3. The highest BCUT2D eigenvalue weighted by Crippen LogP contribution is 2.27. The first-order chi connectivity index (χ1) is 19.3. The second-order valence-corrected chi connectivity index (χ2v) is 10.3. The first-order valence-electron chi connectivity index (χ1n) is 12.1. The zero-order valence-corrected chi connectivity index (χ0v) is 23.6. The summed E-state index contributed by atoms with van der Waals surface area (Å²) in [6.45, 7) is 0. The van der Waals surface area contributed by atoms with Crippen LogP contribution in [-0.4, -0.2) is 30.5 Å². The van der Waals surface area contributed by atoms with E-state index in [1.807, 2.05) is 0 Å². The average molecular weight is 592 g/mol. The van der Waals surface area contributed by atoms with E-state index in [2.05, 4.69) is 10.6 Å². The Morgan fingerprint density at radius 1 is 0.825 bits per heavy atom. The van der Waals surface area contributed by atoms with Gasteiger partial charge in [-0.3, -0.25) is 14.4 Å². The number of Topliss-reactive ketones (excluding diaryl/α,β-unsaturated/α-hetero) is 1. The zero-order valence-electron chi connectivity index (χ0n) is 21.3. The molecule has 9 heteroatoms. The van der Waals surface area contributed by atoms with Gasteiger partial charge in [0.15, 0.2) is 5.78 Å². The lowest BCUT2D eigenvalue weighted by atomic mass is 10.1. The monoisotopic (exact) mass is 590 g/mol. The molecular weight excluding hydrogens is 567 g/mol. The molecule has 0 aliphatic rings. The summed E-state index contributed by atoms with van der Waals surface area (Å²) in [5, 5.41) is 6.05. The molecule has 4 aromatic rings. The number of thioether (sulfide) groups is 1. The van der Waals surface area contributed by atoms with Crippen molar-refractivity contribution < 1.29 is 19.1 Å². The Bertz CT molecular complexity index is 1540. The highest BCUT2D eigenvalue weighted by Gasteiger charge is 2.16. The van der Waals surface area contributed by atoms with E-state index in [1.54, 1.807) is 104 Å². The van der Waals surface area contributed by atoms with Crippen LogP contribution < -0.4 is 15.4 Å². The second kappa shape index (κ2) is 13.8. The minimum atomic E-state index is -0.546. The van der Waals surface area contributed by atoms with Crippen LogP contribution in [0.1, 0.15) is 26.3 Å². The Hall–Kier alpha value is -4.04. The van der Waals surface area contributed by atoms with Gasteiger partial charge in [-0.15, -0.1) is 11.8 Å². The summed E-state index contributed by atoms with van der Waals surface area (Å²) < 4.78 is 5.13. The second-order valence-electron chi connectivity index (χ2n) is 8.44. The molecule has 0 aliphatic carbocycles. The Kier molecular flexibility index (Phi) is 10.0. The fourth-order valence-corrected chi connectivity index (χ4v) is 4.73. The molecule has 0 bridgehead atoms. The van der Waals surface area contributed by atoms with Gasteiger partial charge in [-0.05, 0) is 78.4 Å². The number of benzene rings is 4. The molecule has 0 saturated heterocycles. The molecular formula is C31H24Cl2N2O4S. The fourth-order valence-electron chi connectivity index (χ4n) is 3.57. The number of ether oxygens (including phenoxy) is 1. The van der Waals surface area contributed by atoms with Crippen molar-refractivity contribution in [2.45, 2.75) is 4.90 Å². The topological polar surface area (TPSA) is 84.5 Å². The minimum Gasteiger partial charge on any atom is -0.497 e. The van der Waals surface area contributed by atoms with E-state index in [0.29, 0.717) is 33.1 Å². The molecule has 0 spiro atoms. The molecule has 0 saturated carbocycles. The lowest BCUT2D eigenvalue weighted by molar-refractivity contribution is -0.113. The van der Waals surface area contributed by atoms with Crippen molar-refractivity contribution in [2.24, 2.45) is 0 Å². The van der Waals surface area contributed by atoms with E-state index < -0.39 is 11.8 Å². The maximum absolute atomic E-state index is 13.3. The lowest BCUT2D eigenvalue weighted by Crippen LogP contribution is -2.30. The van der Waals surface area contributed by atoms with Crippen LogP contribution in [0.25, 0.3) is 6.08 Å².